The van der Waals surface area contributed by atoms with Crippen LogP contribution in [0.1, 0.15) is 31.4 Å². The van der Waals surface area contributed by atoms with E-state index < -0.39 is 0 Å². The molecule has 1 aromatic heterocycles. The van der Waals surface area contributed by atoms with Crippen LogP contribution < -0.4 is 10.6 Å². The Morgan fingerprint density at radius 2 is 1.90 bits per heavy atom. The van der Waals surface area contributed by atoms with Crippen LogP contribution in [0.3, 0.4) is 0 Å². The topological polar surface area (TPSA) is 49.8 Å². The molecule has 0 saturated heterocycles. The third-order valence-electron chi connectivity index (χ3n) is 3.31. The van der Waals surface area contributed by atoms with Crippen LogP contribution in [0, 0.1) is 6.92 Å². The van der Waals surface area contributed by atoms with E-state index in [2.05, 4.69) is 63.4 Å². The maximum Gasteiger partial charge on any atom is 0.139 e. The maximum atomic E-state index is 4.43. The molecular formula is C16H21BrN4. The molecule has 21 heavy (non-hydrogen) atoms. The van der Waals surface area contributed by atoms with E-state index in [0.717, 1.165) is 46.7 Å². The number of anilines is 3. The van der Waals surface area contributed by atoms with Gasteiger partial charge in [-0.05, 0) is 38.0 Å². The summed E-state index contributed by atoms with van der Waals surface area (Å²) in [5.74, 6) is 1.80. The summed E-state index contributed by atoms with van der Waals surface area (Å²) in [6, 6.07) is 6.12. The minimum atomic E-state index is 0.850. The lowest BCUT2D eigenvalue weighted by molar-refractivity contribution is 0.902. The van der Waals surface area contributed by atoms with E-state index in [1.807, 2.05) is 12.1 Å². The van der Waals surface area contributed by atoms with Crippen LogP contribution in [0.15, 0.2) is 29.0 Å². The predicted molar refractivity (Wildman–Crippen MR) is 92.4 cm³/mol. The number of aromatic nitrogens is 2. The number of hydrogen-bond donors (Lipinski definition) is 2. The molecule has 4 nitrogen and oxygen atoms in total. The Bertz CT molecular complexity index is 613. The van der Waals surface area contributed by atoms with Gasteiger partial charge in [0.2, 0.25) is 0 Å². The monoisotopic (exact) mass is 348 g/mol. The van der Waals surface area contributed by atoms with E-state index in [4.69, 9.17) is 0 Å². The smallest absolute Gasteiger partial charge is 0.139 e. The van der Waals surface area contributed by atoms with Gasteiger partial charge in [-0.3, -0.25) is 0 Å². The Morgan fingerprint density at radius 3 is 2.62 bits per heavy atom. The van der Waals surface area contributed by atoms with Crippen LogP contribution in [0.25, 0.3) is 0 Å². The Kier molecular flexibility index (Phi) is 5.56. The van der Waals surface area contributed by atoms with Gasteiger partial charge in [-0.2, -0.15) is 0 Å². The first kappa shape index (κ1) is 15.8. The third kappa shape index (κ3) is 3.73. The SMILES string of the molecule is CCCc1c(NCC)ncnc1Nc1cccc(Br)c1C. The van der Waals surface area contributed by atoms with Crippen LogP contribution in [0.5, 0.6) is 0 Å². The molecule has 2 aromatic rings. The molecule has 0 aliphatic heterocycles. The number of halogens is 1. The molecule has 0 aliphatic rings. The lowest BCUT2D eigenvalue weighted by Gasteiger charge is -2.16. The molecule has 5 heteroatoms. The van der Waals surface area contributed by atoms with Crippen LogP contribution in [0.2, 0.25) is 0 Å². The van der Waals surface area contributed by atoms with Gasteiger partial charge in [0.15, 0.2) is 0 Å². The van der Waals surface area contributed by atoms with Crippen molar-refractivity contribution in [2.45, 2.75) is 33.6 Å². The summed E-state index contributed by atoms with van der Waals surface area (Å²) in [6.07, 6.45) is 3.60. The van der Waals surface area contributed by atoms with E-state index in [0.29, 0.717) is 0 Å². The second kappa shape index (κ2) is 7.41. The fourth-order valence-corrected chi connectivity index (χ4v) is 2.56. The summed E-state index contributed by atoms with van der Waals surface area (Å²) < 4.78 is 1.09. The van der Waals surface area contributed by atoms with E-state index >= 15 is 0 Å². The quantitative estimate of drug-likeness (QED) is 0.795. The number of nitrogens with zero attached hydrogens (tertiary/aromatic N) is 2. The first-order valence-electron chi connectivity index (χ1n) is 7.27. The number of hydrogen-bond acceptors (Lipinski definition) is 4. The van der Waals surface area contributed by atoms with Crippen molar-refractivity contribution >= 4 is 33.3 Å². The summed E-state index contributed by atoms with van der Waals surface area (Å²) in [5, 5.41) is 6.76. The highest BCUT2D eigenvalue weighted by Gasteiger charge is 2.11. The zero-order valence-electron chi connectivity index (χ0n) is 12.7. The first-order valence-corrected chi connectivity index (χ1v) is 8.06. The second-order valence-corrected chi connectivity index (χ2v) is 5.72. The van der Waals surface area contributed by atoms with Gasteiger partial charge in [0.1, 0.15) is 18.0 Å². The molecule has 0 aliphatic carbocycles. The van der Waals surface area contributed by atoms with Crippen molar-refractivity contribution < 1.29 is 0 Å². The Hall–Kier alpha value is -1.62. The van der Waals surface area contributed by atoms with Crippen molar-refractivity contribution in [3.63, 3.8) is 0 Å². The van der Waals surface area contributed by atoms with Gasteiger partial charge in [0.05, 0.1) is 0 Å². The number of nitrogens with one attached hydrogen (secondary N) is 2. The van der Waals surface area contributed by atoms with Gasteiger partial charge >= 0.3 is 0 Å². The maximum absolute atomic E-state index is 4.43. The van der Waals surface area contributed by atoms with E-state index in [1.54, 1.807) is 6.33 Å². The molecule has 0 fully saturated rings. The normalized spacial score (nSPS) is 10.5. The zero-order valence-corrected chi connectivity index (χ0v) is 14.3. The van der Waals surface area contributed by atoms with Gasteiger partial charge < -0.3 is 10.6 Å². The highest BCUT2D eigenvalue weighted by atomic mass is 79.9. The summed E-state index contributed by atoms with van der Waals surface area (Å²) in [5.41, 5.74) is 3.37. The summed E-state index contributed by atoms with van der Waals surface area (Å²) in [6.45, 7) is 7.17. The molecule has 0 atom stereocenters. The van der Waals surface area contributed by atoms with Crippen molar-refractivity contribution in [1.29, 1.82) is 0 Å². The molecule has 1 heterocycles. The fourth-order valence-electron chi connectivity index (χ4n) is 2.20. The molecule has 2 N–H and O–H groups in total. The van der Waals surface area contributed by atoms with Crippen LogP contribution >= 0.6 is 15.9 Å². The molecule has 112 valence electrons. The average molecular weight is 349 g/mol. The summed E-state index contributed by atoms with van der Waals surface area (Å²) >= 11 is 3.56. The lowest BCUT2D eigenvalue weighted by Crippen LogP contribution is -2.08. The molecule has 0 radical (unpaired) electrons. The molecule has 0 saturated carbocycles. The molecule has 1 aromatic carbocycles. The summed E-state index contributed by atoms with van der Waals surface area (Å²) in [4.78, 5) is 8.79. The third-order valence-corrected chi connectivity index (χ3v) is 4.17. The molecule has 0 bridgehead atoms. The minimum Gasteiger partial charge on any atom is -0.370 e. The Labute approximate surface area is 134 Å². The second-order valence-electron chi connectivity index (χ2n) is 4.87. The van der Waals surface area contributed by atoms with Gasteiger partial charge in [-0.1, -0.05) is 35.3 Å². The van der Waals surface area contributed by atoms with E-state index in [9.17, 15) is 0 Å². The fraction of sp³-hybridized carbons (Fsp3) is 0.375. The zero-order chi connectivity index (χ0) is 15.2. The van der Waals surface area contributed by atoms with Gasteiger partial charge in [-0.25, -0.2) is 9.97 Å². The predicted octanol–water partition coefficient (Wildman–Crippen LogP) is 4.68. The average Bonchev–Trinajstić information content (AvgIpc) is 2.47. The van der Waals surface area contributed by atoms with Crippen molar-refractivity contribution in [3.8, 4) is 0 Å². The van der Waals surface area contributed by atoms with Crippen molar-refractivity contribution in [2.75, 3.05) is 17.2 Å². The first-order chi connectivity index (χ1) is 10.2. The van der Waals surface area contributed by atoms with E-state index in [-0.39, 0.29) is 0 Å². The van der Waals surface area contributed by atoms with Crippen molar-refractivity contribution in [1.82, 2.24) is 9.97 Å². The Balaban J connectivity index is 2.38. The molecule has 0 spiro atoms. The van der Waals surface area contributed by atoms with Gasteiger partial charge in [0.25, 0.3) is 0 Å². The molecular weight excluding hydrogens is 328 g/mol. The van der Waals surface area contributed by atoms with E-state index in [1.165, 1.54) is 5.56 Å². The van der Waals surface area contributed by atoms with Gasteiger partial charge in [-0.15, -0.1) is 0 Å². The molecule has 0 amide bonds. The van der Waals surface area contributed by atoms with Crippen LogP contribution in [-0.2, 0) is 6.42 Å². The standard InChI is InChI=1S/C16H21BrN4/c1-4-7-12-15(18-5-2)19-10-20-16(12)21-14-9-6-8-13(17)11(14)3/h6,8-10H,4-5,7H2,1-3H3,(H2,18,19,20,21). The highest BCUT2D eigenvalue weighted by Crippen LogP contribution is 2.29. The lowest BCUT2D eigenvalue weighted by atomic mass is 10.1. The molecule has 2 rings (SSSR count). The number of benzene rings is 1. The van der Waals surface area contributed by atoms with Gasteiger partial charge in [0, 0.05) is 22.3 Å². The molecule has 0 unspecified atom stereocenters. The largest absolute Gasteiger partial charge is 0.370 e. The van der Waals surface area contributed by atoms with Crippen molar-refractivity contribution in [3.05, 3.63) is 40.1 Å². The summed E-state index contributed by atoms with van der Waals surface area (Å²) in [7, 11) is 0. The number of rotatable bonds is 6. The Morgan fingerprint density at radius 1 is 1.14 bits per heavy atom. The van der Waals surface area contributed by atoms with Crippen LogP contribution in [0.4, 0.5) is 17.3 Å². The van der Waals surface area contributed by atoms with Crippen molar-refractivity contribution in [2.24, 2.45) is 0 Å². The van der Waals surface area contributed by atoms with Crippen LogP contribution in [-0.4, -0.2) is 16.5 Å². The highest BCUT2D eigenvalue weighted by molar-refractivity contribution is 9.10. The minimum absolute atomic E-state index is 0.850.